The minimum atomic E-state index is -0.465. The van der Waals surface area contributed by atoms with Gasteiger partial charge in [-0.25, -0.2) is 0 Å². The number of allylic oxidation sites excluding steroid dienone is 4. The SMILES string of the molecule is C=C(C)CC(CC)(CC(=C)C)C(=O)OCC.CCOC(=O)C1(CC)CC(C)=C(C)C1.O=C=O.O=C=O. The Morgan fingerprint density at radius 2 is 1.19 bits per heavy atom. The van der Waals surface area contributed by atoms with Gasteiger partial charge in [-0.15, -0.1) is 13.2 Å². The average molecular weight is 509 g/mol. The summed E-state index contributed by atoms with van der Waals surface area (Å²) in [6.07, 6.45) is 5.25. The van der Waals surface area contributed by atoms with Crippen LogP contribution in [0.5, 0.6) is 0 Å². The van der Waals surface area contributed by atoms with Gasteiger partial charge in [0.05, 0.1) is 24.0 Å². The molecule has 0 unspecified atom stereocenters. The van der Waals surface area contributed by atoms with Gasteiger partial charge in [0.15, 0.2) is 0 Å². The van der Waals surface area contributed by atoms with E-state index in [0.717, 1.165) is 36.8 Å². The van der Waals surface area contributed by atoms with Crippen LogP contribution >= 0.6 is 0 Å². The maximum absolute atomic E-state index is 12.1. The molecule has 1 aliphatic rings. The van der Waals surface area contributed by atoms with Crippen molar-refractivity contribution in [2.24, 2.45) is 10.8 Å². The minimum absolute atomic E-state index is 0.0151. The third-order valence-corrected chi connectivity index (χ3v) is 5.99. The summed E-state index contributed by atoms with van der Waals surface area (Å²) < 4.78 is 10.3. The van der Waals surface area contributed by atoms with Crippen LogP contribution in [-0.2, 0) is 38.2 Å². The van der Waals surface area contributed by atoms with Crippen LogP contribution in [0, 0.1) is 10.8 Å². The molecule has 0 heterocycles. The van der Waals surface area contributed by atoms with Crippen LogP contribution in [0.1, 0.15) is 93.9 Å². The number of carbonyl (C=O) groups excluding carboxylic acids is 6. The number of rotatable bonds is 10. The Balaban J connectivity index is -0.000000497. The van der Waals surface area contributed by atoms with Crippen molar-refractivity contribution in [3.8, 4) is 0 Å². The van der Waals surface area contributed by atoms with Gasteiger partial charge in [0.1, 0.15) is 0 Å². The van der Waals surface area contributed by atoms with Gasteiger partial charge in [-0.05, 0) is 80.1 Å². The van der Waals surface area contributed by atoms with Crippen LogP contribution in [-0.4, -0.2) is 37.5 Å². The summed E-state index contributed by atoms with van der Waals surface area (Å²) in [5, 5.41) is 0. The molecule has 1 rings (SSSR count). The van der Waals surface area contributed by atoms with Crippen LogP contribution < -0.4 is 0 Å². The summed E-state index contributed by atoms with van der Waals surface area (Å²) in [6.45, 7) is 24.6. The molecule has 0 saturated heterocycles. The zero-order valence-corrected chi connectivity index (χ0v) is 23.3. The Labute approximate surface area is 216 Å². The molecule has 36 heavy (non-hydrogen) atoms. The van der Waals surface area contributed by atoms with E-state index in [1.807, 2.05) is 34.6 Å². The molecule has 0 radical (unpaired) electrons. The predicted octanol–water partition coefficient (Wildman–Crippen LogP) is 5.79. The topological polar surface area (TPSA) is 121 Å². The quantitative estimate of drug-likeness (QED) is 0.269. The first-order valence-corrected chi connectivity index (χ1v) is 12.0. The Morgan fingerprint density at radius 3 is 1.44 bits per heavy atom. The van der Waals surface area contributed by atoms with Crippen LogP contribution in [0.3, 0.4) is 0 Å². The molecule has 0 atom stereocenters. The summed E-state index contributed by atoms with van der Waals surface area (Å²) in [7, 11) is 0. The normalized spacial score (nSPS) is 13.1. The molecule has 8 heteroatoms. The lowest BCUT2D eigenvalue weighted by molar-refractivity contribution is -0.193. The van der Waals surface area contributed by atoms with Gasteiger partial charge in [0.2, 0.25) is 0 Å². The van der Waals surface area contributed by atoms with Gasteiger partial charge in [-0.2, -0.15) is 19.2 Å². The summed E-state index contributed by atoms with van der Waals surface area (Å²) in [5.41, 5.74) is 4.03. The van der Waals surface area contributed by atoms with E-state index in [-0.39, 0.29) is 29.7 Å². The molecule has 0 spiro atoms. The number of hydrogen-bond acceptors (Lipinski definition) is 8. The lowest BCUT2D eigenvalue weighted by Gasteiger charge is -2.30. The van der Waals surface area contributed by atoms with E-state index in [1.165, 1.54) is 11.1 Å². The van der Waals surface area contributed by atoms with E-state index < -0.39 is 5.41 Å². The Kier molecular flexibility index (Phi) is 21.0. The van der Waals surface area contributed by atoms with Crippen molar-refractivity contribution < 1.29 is 38.2 Å². The summed E-state index contributed by atoms with van der Waals surface area (Å²) in [4.78, 5) is 56.4. The molecule has 0 bridgehead atoms. The molecule has 0 aromatic rings. The van der Waals surface area contributed by atoms with Crippen molar-refractivity contribution in [1.82, 2.24) is 0 Å². The van der Waals surface area contributed by atoms with Crippen molar-refractivity contribution in [1.29, 1.82) is 0 Å². The van der Waals surface area contributed by atoms with Crippen LogP contribution in [0.4, 0.5) is 0 Å². The van der Waals surface area contributed by atoms with Gasteiger partial charge >= 0.3 is 24.2 Å². The van der Waals surface area contributed by atoms with Crippen molar-refractivity contribution in [3.63, 3.8) is 0 Å². The minimum Gasteiger partial charge on any atom is -0.466 e. The van der Waals surface area contributed by atoms with E-state index in [0.29, 0.717) is 26.1 Å². The van der Waals surface area contributed by atoms with Gasteiger partial charge in [0.25, 0.3) is 0 Å². The summed E-state index contributed by atoms with van der Waals surface area (Å²) >= 11 is 0. The average Bonchev–Trinajstić information content (AvgIpc) is 3.09. The van der Waals surface area contributed by atoms with Crippen molar-refractivity contribution >= 4 is 24.2 Å². The molecule has 0 saturated carbocycles. The number of hydrogen-bond donors (Lipinski definition) is 0. The zero-order valence-electron chi connectivity index (χ0n) is 23.3. The van der Waals surface area contributed by atoms with Gasteiger partial charge in [-0.3, -0.25) is 9.59 Å². The molecule has 8 nitrogen and oxygen atoms in total. The molecule has 204 valence electrons. The highest BCUT2D eigenvalue weighted by atomic mass is 16.5. The monoisotopic (exact) mass is 508 g/mol. The zero-order chi connectivity index (χ0) is 28.9. The molecule has 0 N–H and O–H groups in total. The first-order valence-electron chi connectivity index (χ1n) is 12.0. The highest BCUT2D eigenvalue weighted by Gasteiger charge is 2.42. The molecule has 0 aromatic carbocycles. The van der Waals surface area contributed by atoms with Crippen molar-refractivity contribution in [2.45, 2.75) is 93.9 Å². The first kappa shape index (κ1) is 37.5. The second kappa shape index (κ2) is 20.1. The third-order valence-electron chi connectivity index (χ3n) is 5.99. The fourth-order valence-corrected chi connectivity index (χ4v) is 4.24. The smallest absolute Gasteiger partial charge is 0.373 e. The molecular weight excluding hydrogens is 464 g/mol. The first-order chi connectivity index (χ1) is 16.8. The maximum atomic E-state index is 12.1. The second-order valence-corrected chi connectivity index (χ2v) is 9.06. The van der Waals surface area contributed by atoms with Gasteiger partial charge in [0, 0.05) is 0 Å². The van der Waals surface area contributed by atoms with Gasteiger partial charge < -0.3 is 9.47 Å². The lowest BCUT2D eigenvalue weighted by atomic mass is 9.75. The molecule has 0 aliphatic heterocycles. The van der Waals surface area contributed by atoms with Crippen LogP contribution in [0.25, 0.3) is 0 Å². The Bertz CT molecular complexity index is 780. The third kappa shape index (κ3) is 13.7. The fraction of sp³-hybridized carbons (Fsp3) is 0.643. The fourth-order valence-electron chi connectivity index (χ4n) is 4.24. The Morgan fingerprint density at radius 1 is 0.833 bits per heavy atom. The van der Waals surface area contributed by atoms with E-state index in [9.17, 15) is 9.59 Å². The number of ether oxygens (including phenoxy) is 2. The Hall–Kier alpha value is -3.08. The van der Waals surface area contributed by atoms with Crippen LogP contribution in [0.15, 0.2) is 35.5 Å². The summed E-state index contributed by atoms with van der Waals surface area (Å²) in [6, 6.07) is 0. The van der Waals surface area contributed by atoms with E-state index in [2.05, 4.69) is 33.9 Å². The largest absolute Gasteiger partial charge is 0.466 e. The molecule has 0 aromatic heterocycles. The van der Waals surface area contributed by atoms with Crippen molar-refractivity contribution in [2.75, 3.05) is 13.2 Å². The maximum Gasteiger partial charge on any atom is 0.373 e. The summed E-state index contributed by atoms with van der Waals surface area (Å²) in [5.74, 6) is -0.137. The van der Waals surface area contributed by atoms with E-state index >= 15 is 0 Å². The number of esters is 2. The van der Waals surface area contributed by atoms with Gasteiger partial charge in [-0.1, -0.05) is 36.1 Å². The predicted molar refractivity (Wildman–Crippen MR) is 135 cm³/mol. The van der Waals surface area contributed by atoms with E-state index in [4.69, 9.17) is 28.7 Å². The van der Waals surface area contributed by atoms with E-state index in [1.54, 1.807) is 0 Å². The lowest BCUT2D eigenvalue weighted by Crippen LogP contribution is -2.33. The van der Waals surface area contributed by atoms with Crippen LogP contribution in [0.2, 0.25) is 0 Å². The van der Waals surface area contributed by atoms with Crippen molar-refractivity contribution in [3.05, 3.63) is 35.5 Å². The molecule has 0 amide bonds. The highest BCUT2D eigenvalue weighted by molar-refractivity contribution is 5.78. The molecule has 0 fully saturated rings. The molecular formula is C28H44O8. The standard InChI is InChI=1S/C14H24O2.C12H20O2.2CO2/c1-7-14(9-11(3)4,10-12(5)6)13(15)16-8-2;1-5-12(11(13)14-6-2)7-9(3)10(4)8-12;2*2-1-3/h3,5,7-10H2,1-2,4,6H3;5-8H2,1-4H3;;. The molecule has 1 aliphatic carbocycles. The highest BCUT2D eigenvalue weighted by Crippen LogP contribution is 2.45. The second-order valence-electron chi connectivity index (χ2n) is 9.06. The number of carbonyl (C=O) groups is 2.